The molecule has 1 saturated heterocycles. The molecule has 0 aliphatic carbocycles. The van der Waals surface area contributed by atoms with Crippen molar-refractivity contribution in [2.75, 3.05) is 46.6 Å². The number of hydrogen-bond donors (Lipinski definition) is 2. The van der Waals surface area contributed by atoms with E-state index in [-0.39, 0.29) is 25.5 Å². The molecule has 2 aromatic carbocycles. The molecule has 0 radical (unpaired) electrons. The molecule has 9 heteroatoms. The molecule has 0 aromatic heterocycles. The van der Waals surface area contributed by atoms with Gasteiger partial charge in [-0.15, -0.1) is 0 Å². The van der Waals surface area contributed by atoms with Crippen molar-refractivity contribution in [3.63, 3.8) is 0 Å². The second-order valence-corrected chi connectivity index (χ2v) is 8.25. The molecular weight excluding hydrogens is 440 g/mol. The third kappa shape index (κ3) is 6.25. The summed E-state index contributed by atoms with van der Waals surface area (Å²) >= 11 is 0. The van der Waals surface area contributed by atoms with E-state index in [4.69, 9.17) is 18.9 Å². The van der Waals surface area contributed by atoms with Crippen LogP contribution in [0, 0.1) is 0 Å². The summed E-state index contributed by atoms with van der Waals surface area (Å²) in [7, 11) is 1.59. The quantitative estimate of drug-likeness (QED) is 0.536. The van der Waals surface area contributed by atoms with Crippen LogP contribution in [0.25, 0.3) is 0 Å². The highest BCUT2D eigenvalue weighted by atomic mass is 16.6. The van der Waals surface area contributed by atoms with Gasteiger partial charge < -0.3 is 29.2 Å². The summed E-state index contributed by atoms with van der Waals surface area (Å²) in [5, 5.41) is 21.0. The van der Waals surface area contributed by atoms with Crippen LogP contribution in [-0.2, 0) is 4.79 Å². The Morgan fingerprint density at radius 2 is 1.88 bits per heavy atom. The van der Waals surface area contributed by atoms with E-state index >= 15 is 0 Å². The molecule has 0 unspecified atom stereocenters. The average molecular weight is 471 g/mol. The molecule has 4 rings (SSSR count). The van der Waals surface area contributed by atoms with Gasteiger partial charge in [-0.25, -0.2) is 4.99 Å². The molecule has 2 aliphatic rings. The maximum Gasteiger partial charge on any atom is 0.249 e. The molecule has 34 heavy (non-hydrogen) atoms. The fourth-order valence-electron chi connectivity index (χ4n) is 3.93. The first-order valence-corrected chi connectivity index (χ1v) is 11.4. The van der Waals surface area contributed by atoms with Crippen LogP contribution in [0.3, 0.4) is 0 Å². The molecular formula is C25H30N2O7. The number of likely N-dealkylation sites (tertiary alicyclic amines) is 1. The maximum atomic E-state index is 12.6. The first kappa shape index (κ1) is 24.0. The van der Waals surface area contributed by atoms with Crippen molar-refractivity contribution in [2.45, 2.75) is 25.0 Å². The monoisotopic (exact) mass is 470 g/mol. The summed E-state index contributed by atoms with van der Waals surface area (Å²) in [5.74, 6) is 2.13. The molecule has 2 heterocycles. The second kappa shape index (κ2) is 11.3. The van der Waals surface area contributed by atoms with E-state index in [1.807, 2.05) is 4.90 Å². The van der Waals surface area contributed by atoms with Crippen molar-refractivity contribution in [3.8, 4) is 23.0 Å². The van der Waals surface area contributed by atoms with Crippen LogP contribution in [0.15, 0.2) is 47.5 Å². The maximum absolute atomic E-state index is 12.6. The number of rotatable bonds is 9. The van der Waals surface area contributed by atoms with Crippen LogP contribution >= 0.6 is 0 Å². The number of aliphatic imine (C=N–C) groups is 1. The first-order valence-electron chi connectivity index (χ1n) is 11.4. The van der Waals surface area contributed by atoms with Gasteiger partial charge in [0.2, 0.25) is 5.91 Å². The SMILES string of the molecule is COc1ccc(OCCC(=O)/N=C(\CN2CC[C@@H](O)C2)[C@H](O)c2ccc3c(c2)OCCO3)cc1. The van der Waals surface area contributed by atoms with Gasteiger partial charge in [-0.2, -0.15) is 0 Å². The van der Waals surface area contributed by atoms with Gasteiger partial charge in [0.15, 0.2) is 11.5 Å². The van der Waals surface area contributed by atoms with Gasteiger partial charge in [0, 0.05) is 19.6 Å². The molecule has 9 nitrogen and oxygen atoms in total. The third-order valence-corrected chi connectivity index (χ3v) is 5.74. The van der Waals surface area contributed by atoms with E-state index in [1.165, 1.54) is 0 Å². The average Bonchev–Trinajstić information content (AvgIpc) is 3.27. The Kier molecular flexibility index (Phi) is 7.99. The highest BCUT2D eigenvalue weighted by molar-refractivity contribution is 6.00. The predicted molar refractivity (Wildman–Crippen MR) is 125 cm³/mol. The minimum absolute atomic E-state index is 0.0615. The van der Waals surface area contributed by atoms with Crippen molar-refractivity contribution in [1.82, 2.24) is 4.90 Å². The molecule has 0 saturated carbocycles. The summed E-state index contributed by atoms with van der Waals surface area (Å²) < 4.78 is 21.9. The van der Waals surface area contributed by atoms with Crippen LogP contribution in [0.5, 0.6) is 23.0 Å². The number of nitrogens with zero attached hydrogens (tertiary/aromatic N) is 2. The summed E-state index contributed by atoms with van der Waals surface area (Å²) in [6.07, 6.45) is -0.801. The second-order valence-electron chi connectivity index (χ2n) is 8.25. The molecule has 1 fully saturated rings. The number of benzene rings is 2. The van der Waals surface area contributed by atoms with Gasteiger partial charge in [0.25, 0.3) is 0 Å². The van der Waals surface area contributed by atoms with Crippen LogP contribution in [0.4, 0.5) is 0 Å². The van der Waals surface area contributed by atoms with Crippen LogP contribution in [0.1, 0.15) is 24.5 Å². The Morgan fingerprint density at radius 3 is 2.59 bits per heavy atom. The summed E-state index contributed by atoms with van der Waals surface area (Å²) in [6.45, 7) is 2.49. The number of amides is 1. The highest BCUT2D eigenvalue weighted by Crippen LogP contribution is 2.33. The zero-order chi connectivity index (χ0) is 23.9. The summed E-state index contributed by atoms with van der Waals surface area (Å²) in [4.78, 5) is 18.9. The zero-order valence-corrected chi connectivity index (χ0v) is 19.2. The van der Waals surface area contributed by atoms with E-state index in [2.05, 4.69) is 4.99 Å². The topological polar surface area (TPSA) is 110 Å². The fraction of sp³-hybridized carbons (Fsp3) is 0.440. The van der Waals surface area contributed by atoms with Crippen molar-refractivity contribution >= 4 is 11.6 Å². The number of carbonyl (C=O) groups is 1. The van der Waals surface area contributed by atoms with Gasteiger partial charge in [0.1, 0.15) is 30.8 Å². The predicted octanol–water partition coefficient (Wildman–Crippen LogP) is 2.00. The molecule has 2 N–H and O–H groups in total. The Labute approximate surface area is 198 Å². The smallest absolute Gasteiger partial charge is 0.249 e. The van der Waals surface area contributed by atoms with Crippen LogP contribution in [0.2, 0.25) is 0 Å². The van der Waals surface area contributed by atoms with E-state index in [0.29, 0.717) is 61.2 Å². The zero-order valence-electron chi connectivity index (χ0n) is 19.2. The summed E-state index contributed by atoms with van der Waals surface area (Å²) in [5.41, 5.74) is 0.880. The Balaban J connectivity index is 1.43. The number of β-amino-alcohol motifs (C(OH)–C–C–N with tert-alkyl or cyclic N) is 1. The lowest BCUT2D eigenvalue weighted by Gasteiger charge is -2.23. The van der Waals surface area contributed by atoms with Crippen molar-refractivity contribution < 1.29 is 34.0 Å². The number of hydrogen-bond acceptors (Lipinski definition) is 8. The lowest BCUT2D eigenvalue weighted by Crippen LogP contribution is -2.32. The van der Waals surface area contributed by atoms with E-state index in [1.54, 1.807) is 49.6 Å². The number of aliphatic hydroxyl groups excluding tert-OH is 2. The van der Waals surface area contributed by atoms with Crippen LogP contribution < -0.4 is 18.9 Å². The van der Waals surface area contributed by atoms with Crippen LogP contribution in [-0.4, -0.2) is 79.4 Å². The van der Waals surface area contributed by atoms with Gasteiger partial charge in [0.05, 0.1) is 32.0 Å². The van der Waals surface area contributed by atoms with Crippen molar-refractivity contribution in [2.24, 2.45) is 4.99 Å². The Bertz CT molecular complexity index is 1010. The Morgan fingerprint density at radius 1 is 1.15 bits per heavy atom. The lowest BCUT2D eigenvalue weighted by atomic mass is 10.0. The normalized spacial score (nSPS) is 19.0. The molecule has 2 atom stereocenters. The minimum Gasteiger partial charge on any atom is -0.497 e. The number of fused-ring (bicyclic) bond motifs is 1. The van der Waals surface area contributed by atoms with Gasteiger partial charge in [-0.1, -0.05) is 6.07 Å². The number of aliphatic hydroxyl groups is 2. The molecule has 0 bridgehead atoms. The fourth-order valence-corrected chi connectivity index (χ4v) is 3.93. The van der Waals surface area contributed by atoms with Crippen molar-refractivity contribution in [3.05, 3.63) is 48.0 Å². The largest absolute Gasteiger partial charge is 0.497 e. The third-order valence-electron chi connectivity index (χ3n) is 5.74. The molecule has 182 valence electrons. The van der Waals surface area contributed by atoms with Gasteiger partial charge >= 0.3 is 0 Å². The molecule has 2 aromatic rings. The molecule has 2 aliphatic heterocycles. The van der Waals surface area contributed by atoms with Gasteiger partial charge in [-0.05, 0) is 48.4 Å². The number of ether oxygens (including phenoxy) is 4. The van der Waals surface area contributed by atoms with E-state index in [0.717, 1.165) is 5.75 Å². The highest BCUT2D eigenvalue weighted by Gasteiger charge is 2.26. The number of carbonyl (C=O) groups excluding carboxylic acids is 1. The molecule has 1 amide bonds. The van der Waals surface area contributed by atoms with Crippen molar-refractivity contribution in [1.29, 1.82) is 0 Å². The summed E-state index contributed by atoms with van der Waals surface area (Å²) in [6, 6.07) is 12.3. The molecule has 0 spiro atoms. The minimum atomic E-state index is -1.10. The van der Waals surface area contributed by atoms with E-state index in [9.17, 15) is 15.0 Å². The number of methoxy groups -OCH3 is 1. The standard InChI is InChI=1S/C25H30N2O7/c1-31-19-3-5-20(6-4-19)32-11-9-24(29)26-21(16-27-10-8-18(28)15-27)25(30)17-2-7-22-23(14-17)34-13-12-33-22/h2-7,14,18,25,28,30H,8-13,15-16H2,1H3/b26-21+/t18-,25-/m1/s1. The lowest BCUT2D eigenvalue weighted by molar-refractivity contribution is -0.118. The van der Waals surface area contributed by atoms with E-state index < -0.39 is 12.2 Å². The van der Waals surface area contributed by atoms with Gasteiger partial charge in [-0.3, -0.25) is 9.69 Å². The first-order chi connectivity index (χ1) is 16.5. The Hall–Kier alpha value is -3.14.